The maximum absolute atomic E-state index is 12.7. The first-order chi connectivity index (χ1) is 13.1. The summed E-state index contributed by atoms with van der Waals surface area (Å²) < 4.78 is 23.6. The molecule has 0 saturated heterocycles. The van der Waals surface area contributed by atoms with Crippen molar-refractivity contribution in [1.82, 2.24) is 0 Å². The van der Waals surface area contributed by atoms with E-state index in [0.29, 0.717) is 4.90 Å². The smallest absolute Gasteiger partial charge is 0.189 e. The van der Waals surface area contributed by atoms with Crippen molar-refractivity contribution in [2.45, 2.75) is 11.8 Å². The number of benzene rings is 4. The van der Waals surface area contributed by atoms with E-state index in [2.05, 4.69) is 37.3 Å². The predicted octanol–water partition coefficient (Wildman–Crippen LogP) is 5.65. The van der Waals surface area contributed by atoms with E-state index in [1.54, 1.807) is 7.11 Å². The summed E-state index contributed by atoms with van der Waals surface area (Å²) in [5, 5.41) is 4.28. The Balaban J connectivity index is 2.21. The van der Waals surface area contributed by atoms with Gasteiger partial charge in [-0.05, 0) is 40.6 Å². The molecule has 4 rings (SSSR count). The monoisotopic (exact) mass is 376 g/mol. The zero-order valence-corrected chi connectivity index (χ0v) is 16.3. The summed E-state index contributed by atoms with van der Waals surface area (Å²) in [5.74, 6) is 0.747. The van der Waals surface area contributed by atoms with Gasteiger partial charge in [0, 0.05) is 11.1 Å². The summed E-state index contributed by atoms with van der Waals surface area (Å²) in [6.45, 7) is 2.08. The standard InChI is InChI=1S/C23H20O3S/c1-15-8-11-19-17(14-15)9-12-20(25-2)22(19)23-18-7-5-4-6-16(18)10-13-21(23)27(24)26-3/h4-14H,1-3H3. The van der Waals surface area contributed by atoms with Gasteiger partial charge in [-0.2, -0.15) is 0 Å². The second-order valence-electron chi connectivity index (χ2n) is 6.43. The molecule has 0 fully saturated rings. The molecule has 0 aliphatic rings. The average Bonchev–Trinajstić information content (AvgIpc) is 2.71. The van der Waals surface area contributed by atoms with Crippen LogP contribution in [0.4, 0.5) is 0 Å². The van der Waals surface area contributed by atoms with E-state index < -0.39 is 11.1 Å². The highest BCUT2D eigenvalue weighted by atomic mass is 32.2. The summed E-state index contributed by atoms with van der Waals surface area (Å²) in [6, 6.07) is 22.3. The lowest BCUT2D eigenvalue weighted by atomic mass is 9.92. The van der Waals surface area contributed by atoms with E-state index in [0.717, 1.165) is 38.4 Å². The van der Waals surface area contributed by atoms with Gasteiger partial charge in [-0.3, -0.25) is 4.18 Å². The third-order valence-corrected chi connectivity index (χ3v) is 5.83. The number of ether oxygens (including phenoxy) is 1. The largest absolute Gasteiger partial charge is 0.496 e. The van der Waals surface area contributed by atoms with Gasteiger partial charge in [0.1, 0.15) is 5.75 Å². The summed E-state index contributed by atoms with van der Waals surface area (Å²) in [6.07, 6.45) is 0. The van der Waals surface area contributed by atoms with Crippen LogP contribution in [-0.4, -0.2) is 18.4 Å². The minimum Gasteiger partial charge on any atom is -0.496 e. The lowest BCUT2D eigenvalue weighted by Gasteiger charge is -2.18. The maximum Gasteiger partial charge on any atom is 0.189 e. The van der Waals surface area contributed by atoms with Crippen LogP contribution in [0, 0.1) is 6.92 Å². The van der Waals surface area contributed by atoms with E-state index in [4.69, 9.17) is 8.92 Å². The Morgan fingerprint density at radius 2 is 1.52 bits per heavy atom. The lowest BCUT2D eigenvalue weighted by molar-refractivity contribution is 0.417. The molecule has 0 heterocycles. The second kappa shape index (κ2) is 7.14. The van der Waals surface area contributed by atoms with Crippen molar-refractivity contribution in [1.29, 1.82) is 0 Å². The van der Waals surface area contributed by atoms with Crippen LogP contribution in [0.25, 0.3) is 32.7 Å². The SMILES string of the molecule is COc1ccc2cc(C)ccc2c1-c1c(S(=O)OC)ccc2ccccc12. The Labute approximate surface area is 161 Å². The van der Waals surface area contributed by atoms with Gasteiger partial charge in [0.05, 0.1) is 19.1 Å². The molecule has 0 spiro atoms. The maximum atomic E-state index is 12.7. The lowest BCUT2D eigenvalue weighted by Crippen LogP contribution is -1.99. The molecular weight excluding hydrogens is 356 g/mol. The fourth-order valence-corrected chi connectivity index (χ4v) is 4.33. The van der Waals surface area contributed by atoms with Crippen molar-refractivity contribution in [2.75, 3.05) is 14.2 Å². The summed E-state index contributed by atoms with van der Waals surface area (Å²) in [5.41, 5.74) is 3.02. The van der Waals surface area contributed by atoms with Crippen molar-refractivity contribution in [3.63, 3.8) is 0 Å². The van der Waals surface area contributed by atoms with Gasteiger partial charge in [0.2, 0.25) is 0 Å². The Morgan fingerprint density at radius 3 is 2.30 bits per heavy atom. The normalized spacial score (nSPS) is 12.4. The van der Waals surface area contributed by atoms with E-state index in [-0.39, 0.29) is 0 Å². The minimum absolute atomic E-state index is 0.641. The van der Waals surface area contributed by atoms with Crippen LogP contribution >= 0.6 is 0 Å². The summed E-state index contributed by atoms with van der Waals surface area (Å²) in [7, 11) is 3.12. The molecule has 4 aromatic carbocycles. The molecule has 4 aromatic rings. The molecule has 0 radical (unpaired) electrons. The molecule has 0 aliphatic heterocycles. The molecule has 3 nitrogen and oxygen atoms in total. The zero-order chi connectivity index (χ0) is 19.0. The van der Waals surface area contributed by atoms with Crippen LogP contribution in [0.5, 0.6) is 5.75 Å². The zero-order valence-electron chi connectivity index (χ0n) is 15.5. The fourth-order valence-electron chi connectivity index (χ4n) is 3.60. The van der Waals surface area contributed by atoms with Crippen molar-refractivity contribution in [2.24, 2.45) is 0 Å². The quantitative estimate of drug-likeness (QED) is 0.462. The Morgan fingerprint density at radius 1 is 0.778 bits per heavy atom. The molecule has 0 amide bonds. The molecule has 27 heavy (non-hydrogen) atoms. The topological polar surface area (TPSA) is 35.5 Å². The molecule has 4 heteroatoms. The number of fused-ring (bicyclic) bond motifs is 2. The number of rotatable bonds is 4. The first-order valence-corrected chi connectivity index (χ1v) is 9.77. The van der Waals surface area contributed by atoms with Crippen molar-refractivity contribution < 1.29 is 13.1 Å². The van der Waals surface area contributed by atoms with Crippen LogP contribution < -0.4 is 4.74 Å². The Hall–Kier alpha value is -2.69. The van der Waals surface area contributed by atoms with E-state index in [1.807, 2.05) is 36.4 Å². The van der Waals surface area contributed by atoms with E-state index >= 15 is 0 Å². The van der Waals surface area contributed by atoms with Gasteiger partial charge in [0.25, 0.3) is 0 Å². The van der Waals surface area contributed by atoms with Crippen LogP contribution in [0.15, 0.2) is 71.6 Å². The van der Waals surface area contributed by atoms with E-state index in [9.17, 15) is 4.21 Å². The van der Waals surface area contributed by atoms with Crippen LogP contribution in [-0.2, 0) is 15.3 Å². The van der Waals surface area contributed by atoms with Gasteiger partial charge in [-0.25, -0.2) is 4.21 Å². The molecular formula is C23H20O3S. The van der Waals surface area contributed by atoms with Gasteiger partial charge in [-0.15, -0.1) is 0 Å². The Kier molecular flexibility index (Phi) is 4.68. The molecule has 0 aromatic heterocycles. The number of methoxy groups -OCH3 is 1. The fraction of sp³-hybridized carbons (Fsp3) is 0.130. The van der Waals surface area contributed by atoms with Crippen molar-refractivity contribution in [3.8, 4) is 16.9 Å². The summed E-state index contributed by atoms with van der Waals surface area (Å²) in [4.78, 5) is 0.641. The van der Waals surface area contributed by atoms with Gasteiger partial charge in [-0.1, -0.05) is 60.2 Å². The van der Waals surface area contributed by atoms with Gasteiger partial charge < -0.3 is 4.74 Å². The molecule has 1 atom stereocenters. The third kappa shape index (κ3) is 3.01. The molecule has 136 valence electrons. The van der Waals surface area contributed by atoms with E-state index in [1.165, 1.54) is 12.7 Å². The molecule has 1 unspecified atom stereocenters. The highest BCUT2D eigenvalue weighted by molar-refractivity contribution is 7.80. The molecule has 0 bridgehead atoms. The van der Waals surface area contributed by atoms with Crippen LogP contribution in [0.2, 0.25) is 0 Å². The van der Waals surface area contributed by atoms with Crippen molar-refractivity contribution >= 4 is 32.6 Å². The number of aryl methyl sites for hydroxylation is 1. The van der Waals surface area contributed by atoms with Gasteiger partial charge in [0.15, 0.2) is 11.1 Å². The first-order valence-electron chi connectivity index (χ1n) is 8.69. The second-order valence-corrected chi connectivity index (χ2v) is 7.67. The minimum atomic E-state index is -1.57. The van der Waals surface area contributed by atoms with Crippen LogP contribution in [0.3, 0.4) is 0 Å². The number of hydrogen-bond acceptors (Lipinski definition) is 3. The van der Waals surface area contributed by atoms with Crippen molar-refractivity contribution in [3.05, 3.63) is 72.3 Å². The average molecular weight is 376 g/mol. The first kappa shape index (κ1) is 17.7. The Bertz CT molecular complexity index is 1180. The van der Waals surface area contributed by atoms with Gasteiger partial charge >= 0.3 is 0 Å². The predicted molar refractivity (Wildman–Crippen MR) is 112 cm³/mol. The molecule has 0 aliphatic carbocycles. The molecule has 0 N–H and O–H groups in total. The summed E-state index contributed by atoms with van der Waals surface area (Å²) >= 11 is -1.57. The highest BCUT2D eigenvalue weighted by Gasteiger charge is 2.20. The molecule has 0 saturated carbocycles. The number of hydrogen-bond donors (Lipinski definition) is 0. The highest BCUT2D eigenvalue weighted by Crippen LogP contribution is 2.43. The van der Waals surface area contributed by atoms with Crippen LogP contribution in [0.1, 0.15) is 5.56 Å². The third-order valence-electron chi connectivity index (χ3n) is 4.83.